The molecule has 0 aliphatic heterocycles. The van der Waals surface area contributed by atoms with Crippen molar-refractivity contribution in [1.29, 1.82) is 0 Å². The van der Waals surface area contributed by atoms with Gasteiger partial charge in [-0.3, -0.25) is 4.79 Å². The molecule has 0 saturated heterocycles. The lowest BCUT2D eigenvalue weighted by molar-refractivity contribution is 0.300. The van der Waals surface area contributed by atoms with E-state index in [0.717, 1.165) is 17.5 Å². The zero-order valence-corrected chi connectivity index (χ0v) is 12.7. The summed E-state index contributed by atoms with van der Waals surface area (Å²) in [4.78, 5) is 12.1. The molecule has 4 nitrogen and oxygen atoms in total. The van der Waals surface area contributed by atoms with Gasteiger partial charge in [-0.25, -0.2) is 0 Å². The molecule has 0 spiro atoms. The van der Waals surface area contributed by atoms with Gasteiger partial charge in [-0.2, -0.15) is 0 Å². The number of aryl methyl sites for hydroxylation is 2. The van der Waals surface area contributed by atoms with Gasteiger partial charge >= 0.3 is 0 Å². The first-order valence-electron chi connectivity index (χ1n) is 6.76. The van der Waals surface area contributed by atoms with Crippen LogP contribution < -0.4 is 16.0 Å². The van der Waals surface area contributed by atoms with Crippen molar-refractivity contribution in [3.8, 4) is 5.75 Å². The number of ether oxygens (including phenoxy) is 1. The van der Waals surface area contributed by atoms with E-state index in [0.29, 0.717) is 23.9 Å². The molecule has 5 heteroatoms. The fraction of sp³-hybridized carbons (Fsp3) is 0.250. The summed E-state index contributed by atoms with van der Waals surface area (Å²) in [5.74, 6) is 0.682. The Balaban J connectivity index is 1.91. The minimum absolute atomic E-state index is 0.0125. The summed E-state index contributed by atoms with van der Waals surface area (Å²) >= 11 is 4.99. The van der Waals surface area contributed by atoms with Crippen molar-refractivity contribution in [2.24, 2.45) is 5.73 Å². The first-order chi connectivity index (χ1) is 10.1. The van der Waals surface area contributed by atoms with Gasteiger partial charge in [-0.05, 0) is 37.1 Å². The lowest BCUT2D eigenvalue weighted by Gasteiger charge is -2.11. The number of benzene rings is 1. The molecular weight excluding hydrogens is 284 g/mol. The fourth-order valence-corrected chi connectivity index (χ4v) is 2.17. The molecule has 1 heterocycles. The number of para-hydroxylation sites is 1. The highest BCUT2D eigenvalue weighted by atomic mass is 32.1. The van der Waals surface area contributed by atoms with E-state index in [-0.39, 0.29) is 5.56 Å². The number of aromatic nitrogens is 1. The van der Waals surface area contributed by atoms with Crippen LogP contribution in [0.3, 0.4) is 0 Å². The van der Waals surface area contributed by atoms with E-state index >= 15 is 0 Å². The van der Waals surface area contributed by atoms with Crippen LogP contribution in [0.15, 0.2) is 47.4 Å². The van der Waals surface area contributed by atoms with Crippen molar-refractivity contribution in [2.45, 2.75) is 19.9 Å². The highest BCUT2D eigenvalue weighted by Gasteiger charge is 2.05. The van der Waals surface area contributed by atoms with Gasteiger partial charge < -0.3 is 15.0 Å². The van der Waals surface area contributed by atoms with Crippen LogP contribution in [0.4, 0.5) is 0 Å². The third-order valence-corrected chi connectivity index (χ3v) is 3.32. The van der Waals surface area contributed by atoms with E-state index < -0.39 is 0 Å². The highest BCUT2D eigenvalue weighted by molar-refractivity contribution is 7.80. The molecule has 110 valence electrons. The Labute approximate surface area is 129 Å². The standard InChI is InChI=1S/C16H18N2O2S/c1-12-7-9-18(15(19)11-12)8-4-10-20-14-6-3-2-5-13(14)16(17)21/h2-3,5-7,9,11H,4,8,10H2,1H3,(H2,17,21). The van der Waals surface area contributed by atoms with Gasteiger partial charge in [0.05, 0.1) is 12.2 Å². The number of thiocarbonyl (C=S) groups is 1. The predicted molar refractivity (Wildman–Crippen MR) is 87.9 cm³/mol. The number of hydrogen-bond donors (Lipinski definition) is 1. The minimum Gasteiger partial charge on any atom is -0.493 e. The van der Waals surface area contributed by atoms with Crippen molar-refractivity contribution < 1.29 is 4.74 Å². The maximum absolute atomic E-state index is 11.7. The molecule has 0 saturated carbocycles. The first-order valence-corrected chi connectivity index (χ1v) is 7.17. The summed E-state index contributed by atoms with van der Waals surface area (Å²) < 4.78 is 7.38. The largest absolute Gasteiger partial charge is 0.493 e. The maximum Gasteiger partial charge on any atom is 0.250 e. The fourth-order valence-electron chi connectivity index (χ4n) is 2.00. The lowest BCUT2D eigenvalue weighted by atomic mass is 10.2. The average Bonchev–Trinajstić information content (AvgIpc) is 2.45. The van der Waals surface area contributed by atoms with Gasteiger partial charge in [-0.15, -0.1) is 0 Å². The Bertz CT molecular complexity index is 695. The number of nitrogens with zero attached hydrogens (tertiary/aromatic N) is 1. The van der Waals surface area contributed by atoms with E-state index in [1.807, 2.05) is 37.3 Å². The van der Waals surface area contributed by atoms with Gasteiger partial charge in [-0.1, -0.05) is 24.4 Å². The Morgan fingerprint density at radius 1 is 1.33 bits per heavy atom. The molecular formula is C16H18N2O2S. The smallest absolute Gasteiger partial charge is 0.250 e. The molecule has 21 heavy (non-hydrogen) atoms. The second kappa shape index (κ2) is 7.04. The Morgan fingerprint density at radius 3 is 2.81 bits per heavy atom. The Hall–Kier alpha value is -2.14. The van der Waals surface area contributed by atoms with Crippen molar-refractivity contribution in [2.75, 3.05) is 6.61 Å². The SMILES string of the molecule is Cc1ccn(CCCOc2ccccc2C(N)=S)c(=O)c1. The highest BCUT2D eigenvalue weighted by Crippen LogP contribution is 2.17. The maximum atomic E-state index is 11.7. The van der Waals surface area contributed by atoms with Crippen molar-refractivity contribution in [3.05, 3.63) is 64.1 Å². The summed E-state index contributed by atoms with van der Waals surface area (Å²) in [6.07, 6.45) is 2.54. The molecule has 1 aromatic carbocycles. The van der Waals surface area contributed by atoms with Gasteiger partial charge in [0, 0.05) is 18.8 Å². The van der Waals surface area contributed by atoms with Gasteiger partial charge in [0.25, 0.3) is 5.56 Å². The molecule has 2 N–H and O–H groups in total. The molecule has 1 aromatic heterocycles. The molecule has 0 aliphatic carbocycles. The van der Waals surface area contributed by atoms with Gasteiger partial charge in [0.15, 0.2) is 0 Å². The summed E-state index contributed by atoms with van der Waals surface area (Å²) in [7, 11) is 0. The zero-order chi connectivity index (χ0) is 15.2. The van der Waals surface area contributed by atoms with Crippen LogP contribution in [-0.4, -0.2) is 16.2 Å². The Kier molecular flexibility index (Phi) is 5.11. The molecule has 2 rings (SSSR count). The van der Waals surface area contributed by atoms with Gasteiger partial charge in [0.1, 0.15) is 10.7 Å². The first kappa shape index (κ1) is 15.3. The molecule has 0 radical (unpaired) electrons. The molecule has 0 atom stereocenters. The summed E-state index contributed by atoms with van der Waals surface area (Å²) in [6, 6.07) is 11.0. The summed E-state index contributed by atoms with van der Waals surface area (Å²) in [5, 5.41) is 0. The minimum atomic E-state index is 0.0125. The van der Waals surface area contributed by atoms with Crippen LogP contribution in [0.25, 0.3) is 0 Å². The Morgan fingerprint density at radius 2 is 2.10 bits per heavy atom. The topological polar surface area (TPSA) is 57.2 Å². The molecule has 0 bridgehead atoms. The summed E-state index contributed by atoms with van der Waals surface area (Å²) in [6.45, 7) is 3.02. The van der Waals surface area contributed by atoms with Crippen LogP contribution >= 0.6 is 12.2 Å². The van der Waals surface area contributed by atoms with Crippen molar-refractivity contribution >= 4 is 17.2 Å². The van der Waals surface area contributed by atoms with E-state index in [4.69, 9.17) is 22.7 Å². The third kappa shape index (κ3) is 4.16. The van der Waals surface area contributed by atoms with Crippen LogP contribution in [0.2, 0.25) is 0 Å². The molecule has 2 aromatic rings. The lowest BCUT2D eigenvalue weighted by Crippen LogP contribution is -2.20. The van der Waals surface area contributed by atoms with E-state index in [1.165, 1.54) is 0 Å². The van der Waals surface area contributed by atoms with Crippen molar-refractivity contribution in [1.82, 2.24) is 4.57 Å². The summed E-state index contributed by atoms with van der Waals surface area (Å²) in [5.41, 5.74) is 7.37. The average molecular weight is 302 g/mol. The zero-order valence-electron chi connectivity index (χ0n) is 11.9. The van der Waals surface area contributed by atoms with Crippen LogP contribution in [0.1, 0.15) is 17.5 Å². The molecule has 0 amide bonds. The van der Waals surface area contributed by atoms with Gasteiger partial charge in [0.2, 0.25) is 0 Å². The van der Waals surface area contributed by atoms with E-state index in [1.54, 1.807) is 16.8 Å². The van der Waals surface area contributed by atoms with Crippen LogP contribution in [0, 0.1) is 6.92 Å². The van der Waals surface area contributed by atoms with E-state index in [2.05, 4.69) is 0 Å². The van der Waals surface area contributed by atoms with Crippen LogP contribution in [-0.2, 0) is 6.54 Å². The molecule has 0 fully saturated rings. The van der Waals surface area contributed by atoms with E-state index in [9.17, 15) is 4.79 Å². The van der Waals surface area contributed by atoms with Crippen LogP contribution in [0.5, 0.6) is 5.75 Å². The predicted octanol–water partition coefficient (Wildman–Crippen LogP) is 2.26. The second-order valence-corrected chi connectivity index (χ2v) is 5.24. The monoisotopic (exact) mass is 302 g/mol. The third-order valence-electron chi connectivity index (χ3n) is 3.11. The number of nitrogens with two attached hydrogens (primary N) is 1. The second-order valence-electron chi connectivity index (χ2n) is 4.80. The van der Waals surface area contributed by atoms with Crippen molar-refractivity contribution in [3.63, 3.8) is 0 Å². The molecule has 0 aliphatic rings. The number of pyridine rings is 1. The number of hydrogen-bond acceptors (Lipinski definition) is 3. The number of rotatable bonds is 6. The molecule has 0 unspecified atom stereocenters. The quantitative estimate of drug-likeness (QED) is 0.657. The normalized spacial score (nSPS) is 10.3.